The van der Waals surface area contributed by atoms with E-state index in [9.17, 15) is 5.11 Å². The third-order valence-corrected chi connectivity index (χ3v) is 1.86. The number of rotatable bonds is 1. The molecular weight excluding hydrogens is 197 g/mol. The second kappa shape index (κ2) is 3.78. The van der Waals surface area contributed by atoms with E-state index in [1.165, 1.54) is 12.3 Å². The van der Waals surface area contributed by atoms with E-state index >= 15 is 0 Å². The minimum Gasteiger partial charge on any atom is -0.507 e. The molecule has 0 aliphatic carbocycles. The fraction of sp³-hybridized carbons (Fsp3) is 0.125. The molecule has 0 bridgehead atoms. The molecule has 0 heterocycles. The van der Waals surface area contributed by atoms with Gasteiger partial charge in [0.05, 0.1) is 10.6 Å². The zero-order valence-corrected chi connectivity index (χ0v) is 7.89. The Bertz CT molecular complexity index is 300. The fourth-order valence-corrected chi connectivity index (χ4v) is 1.36. The Hall–Kier alpha value is -0.730. The van der Waals surface area contributed by atoms with E-state index in [1.807, 2.05) is 0 Å². The van der Waals surface area contributed by atoms with Crippen molar-refractivity contribution >= 4 is 29.4 Å². The van der Waals surface area contributed by atoms with Crippen LogP contribution in [0.4, 0.5) is 0 Å². The lowest BCUT2D eigenvalue weighted by atomic mass is 10.2. The van der Waals surface area contributed by atoms with Gasteiger partial charge in [-0.1, -0.05) is 23.2 Å². The SMILES string of the molecule is CN=Cc1c(O)cc(Cl)cc1Cl. The Morgan fingerprint density at radius 2 is 2.08 bits per heavy atom. The van der Waals surface area contributed by atoms with Gasteiger partial charge in [0, 0.05) is 18.3 Å². The van der Waals surface area contributed by atoms with Gasteiger partial charge in [-0.15, -0.1) is 0 Å². The summed E-state index contributed by atoms with van der Waals surface area (Å²) in [6.07, 6.45) is 1.48. The van der Waals surface area contributed by atoms with Crippen LogP contribution in [0.2, 0.25) is 10.0 Å². The van der Waals surface area contributed by atoms with Crippen LogP contribution in [0.25, 0.3) is 0 Å². The second-order valence-electron chi connectivity index (χ2n) is 2.21. The molecule has 0 unspecified atom stereocenters. The number of hydrogen-bond donors (Lipinski definition) is 1. The van der Waals surface area contributed by atoms with Crippen molar-refractivity contribution in [3.8, 4) is 5.75 Å². The highest BCUT2D eigenvalue weighted by atomic mass is 35.5. The molecule has 1 aromatic rings. The van der Waals surface area contributed by atoms with E-state index in [-0.39, 0.29) is 5.75 Å². The Balaban J connectivity index is 3.28. The summed E-state index contributed by atoms with van der Waals surface area (Å²) in [5.74, 6) is 0.0399. The Morgan fingerprint density at radius 3 is 2.58 bits per heavy atom. The van der Waals surface area contributed by atoms with E-state index in [0.717, 1.165) is 0 Å². The van der Waals surface area contributed by atoms with Gasteiger partial charge in [0.2, 0.25) is 0 Å². The number of halogens is 2. The van der Waals surface area contributed by atoms with Gasteiger partial charge in [0.15, 0.2) is 0 Å². The number of benzene rings is 1. The molecule has 0 spiro atoms. The highest BCUT2D eigenvalue weighted by Gasteiger charge is 2.04. The molecule has 1 rings (SSSR count). The first-order valence-corrected chi connectivity index (χ1v) is 4.01. The predicted molar refractivity (Wildman–Crippen MR) is 51.6 cm³/mol. The molecule has 0 aliphatic rings. The number of aliphatic imine (C=N–C) groups is 1. The lowest BCUT2D eigenvalue weighted by Gasteiger charge is -2.01. The third kappa shape index (κ3) is 1.90. The molecule has 0 amide bonds. The quantitative estimate of drug-likeness (QED) is 0.700. The molecular formula is C8H7Cl2NO. The molecule has 12 heavy (non-hydrogen) atoms. The van der Waals surface area contributed by atoms with Crippen LogP contribution in [0, 0.1) is 0 Å². The normalized spacial score (nSPS) is 10.9. The maximum Gasteiger partial charge on any atom is 0.127 e. The molecule has 0 aromatic heterocycles. The van der Waals surface area contributed by atoms with Crippen molar-refractivity contribution in [2.75, 3.05) is 7.05 Å². The highest BCUT2D eigenvalue weighted by Crippen LogP contribution is 2.28. The molecule has 0 fully saturated rings. The molecule has 4 heteroatoms. The summed E-state index contributed by atoms with van der Waals surface area (Å²) >= 11 is 11.4. The van der Waals surface area contributed by atoms with Gasteiger partial charge in [0.25, 0.3) is 0 Å². The Labute approximate surface area is 80.5 Å². The smallest absolute Gasteiger partial charge is 0.127 e. The molecule has 1 N–H and O–H groups in total. The number of phenols is 1. The summed E-state index contributed by atoms with van der Waals surface area (Å²) in [6.45, 7) is 0. The van der Waals surface area contributed by atoms with Crippen LogP contribution in [0.15, 0.2) is 17.1 Å². The number of aromatic hydroxyl groups is 1. The number of phenolic OH excluding ortho intramolecular Hbond substituents is 1. The molecule has 0 saturated heterocycles. The molecule has 64 valence electrons. The maximum absolute atomic E-state index is 9.34. The van der Waals surface area contributed by atoms with Crippen LogP contribution in [0.1, 0.15) is 5.56 Å². The predicted octanol–water partition coefficient (Wildman–Crippen LogP) is 2.75. The van der Waals surface area contributed by atoms with Crippen LogP contribution < -0.4 is 0 Å². The van der Waals surface area contributed by atoms with E-state index in [0.29, 0.717) is 15.6 Å². The summed E-state index contributed by atoms with van der Waals surface area (Å²) in [5, 5.41) is 10.1. The summed E-state index contributed by atoms with van der Waals surface area (Å²) in [4.78, 5) is 3.74. The molecule has 0 saturated carbocycles. The lowest BCUT2D eigenvalue weighted by Crippen LogP contribution is -1.84. The number of hydrogen-bond acceptors (Lipinski definition) is 2. The van der Waals surface area contributed by atoms with Gasteiger partial charge in [-0.25, -0.2) is 0 Å². The average molecular weight is 204 g/mol. The first-order chi connectivity index (χ1) is 5.65. The minimum absolute atomic E-state index is 0.0399. The average Bonchev–Trinajstić information content (AvgIpc) is 1.96. The zero-order chi connectivity index (χ0) is 9.14. The fourth-order valence-electron chi connectivity index (χ4n) is 0.828. The van der Waals surface area contributed by atoms with Crippen LogP contribution in [-0.2, 0) is 0 Å². The monoisotopic (exact) mass is 203 g/mol. The summed E-state index contributed by atoms with van der Waals surface area (Å²) in [7, 11) is 1.60. The summed E-state index contributed by atoms with van der Waals surface area (Å²) in [6, 6.07) is 2.98. The van der Waals surface area contributed by atoms with E-state index in [4.69, 9.17) is 23.2 Å². The lowest BCUT2D eigenvalue weighted by molar-refractivity contribution is 0.474. The maximum atomic E-state index is 9.34. The van der Waals surface area contributed by atoms with Crippen LogP contribution in [0.5, 0.6) is 5.75 Å². The van der Waals surface area contributed by atoms with Crippen molar-refractivity contribution < 1.29 is 5.11 Å². The largest absolute Gasteiger partial charge is 0.507 e. The van der Waals surface area contributed by atoms with Crippen molar-refractivity contribution in [1.82, 2.24) is 0 Å². The number of nitrogens with zero attached hydrogens (tertiary/aromatic N) is 1. The van der Waals surface area contributed by atoms with Crippen LogP contribution in [0.3, 0.4) is 0 Å². The van der Waals surface area contributed by atoms with Crippen molar-refractivity contribution in [2.24, 2.45) is 4.99 Å². The van der Waals surface area contributed by atoms with Crippen molar-refractivity contribution in [3.05, 3.63) is 27.7 Å². The zero-order valence-electron chi connectivity index (χ0n) is 6.38. The van der Waals surface area contributed by atoms with Gasteiger partial charge < -0.3 is 5.11 Å². The van der Waals surface area contributed by atoms with Crippen LogP contribution in [-0.4, -0.2) is 18.4 Å². The van der Waals surface area contributed by atoms with E-state index in [1.54, 1.807) is 13.1 Å². The Kier molecular flexibility index (Phi) is 2.95. The molecule has 0 radical (unpaired) electrons. The minimum atomic E-state index is 0.0399. The molecule has 0 aliphatic heterocycles. The first-order valence-electron chi connectivity index (χ1n) is 3.25. The first kappa shape index (κ1) is 9.36. The molecule has 2 nitrogen and oxygen atoms in total. The standard InChI is InChI=1S/C8H7Cl2NO/c1-11-4-6-7(10)2-5(9)3-8(6)12/h2-4,12H,1H3. The van der Waals surface area contributed by atoms with Crippen LogP contribution >= 0.6 is 23.2 Å². The summed E-state index contributed by atoms with van der Waals surface area (Å²) in [5.41, 5.74) is 0.489. The third-order valence-electron chi connectivity index (χ3n) is 1.33. The molecule has 0 atom stereocenters. The van der Waals surface area contributed by atoms with Gasteiger partial charge in [-0.3, -0.25) is 4.99 Å². The van der Waals surface area contributed by atoms with Gasteiger partial charge in [0.1, 0.15) is 5.75 Å². The van der Waals surface area contributed by atoms with Crippen molar-refractivity contribution in [1.29, 1.82) is 0 Å². The van der Waals surface area contributed by atoms with E-state index in [2.05, 4.69) is 4.99 Å². The van der Waals surface area contributed by atoms with Gasteiger partial charge >= 0.3 is 0 Å². The van der Waals surface area contributed by atoms with E-state index < -0.39 is 0 Å². The topological polar surface area (TPSA) is 32.6 Å². The molecule has 1 aromatic carbocycles. The summed E-state index contributed by atoms with van der Waals surface area (Å²) < 4.78 is 0. The second-order valence-corrected chi connectivity index (χ2v) is 3.05. The van der Waals surface area contributed by atoms with Crippen molar-refractivity contribution in [2.45, 2.75) is 0 Å². The van der Waals surface area contributed by atoms with Gasteiger partial charge in [-0.2, -0.15) is 0 Å². The highest BCUT2D eigenvalue weighted by molar-refractivity contribution is 6.36. The van der Waals surface area contributed by atoms with Crippen molar-refractivity contribution in [3.63, 3.8) is 0 Å². The Morgan fingerprint density at radius 1 is 1.42 bits per heavy atom. The van der Waals surface area contributed by atoms with Gasteiger partial charge in [-0.05, 0) is 12.1 Å².